The molecule has 0 bridgehead atoms. The van der Waals surface area contributed by atoms with Gasteiger partial charge in [0.2, 0.25) is 5.91 Å². The highest BCUT2D eigenvalue weighted by Gasteiger charge is 2.16. The first-order chi connectivity index (χ1) is 7.53. The molecule has 1 rings (SSSR count). The Morgan fingerprint density at radius 2 is 1.94 bits per heavy atom. The Balaban J connectivity index is 2.38. The lowest BCUT2D eigenvalue weighted by Gasteiger charge is -2.22. The molecule has 0 aromatic heterocycles. The minimum absolute atomic E-state index is 0.0354. The summed E-state index contributed by atoms with van der Waals surface area (Å²) in [6.45, 7) is 5.26. The van der Waals surface area contributed by atoms with Crippen molar-refractivity contribution in [2.75, 3.05) is 13.1 Å². The van der Waals surface area contributed by atoms with E-state index in [0.29, 0.717) is 19.5 Å². The van der Waals surface area contributed by atoms with Gasteiger partial charge in [-0.15, -0.1) is 0 Å². The van der Waals surface area contributed by atoms with E-state index >= 15 is 0 Å². The maximum Gasteiger partial charge on any atom is 0.224 e. The van der Waals surface area contributed by atoms with E-state index in [1.54, 1.807) is 0 Å². The quantitative estimate of drug-likeness (QED) is 0.786. The zero-order valence-corrected chi connectivity index (χ0v) is 9.99. The standard InChI is InChI=1S/C13H20N2O/c1-13(2,9-14)10-15-12(16)8-11-6-4-3-5-7-11/h3-7H,8-10,14H2,1-2H3,(H,15,16). The summed E-state index contributed by atoms with van der Waals surface area (Å²) in [6, 6.07) is 9.72. The second kappa shape index (κ2) is 5.66. The third-order valence-corrected chi connectivity index (χ3v) is 2.52. The Labute approximate surface area is 97.0 Å². The molecule has 0 aliphatic carbocycles. The zero-order chi connectivity index (χ0) is 12.0. The van der Waals surface area contributed by atoms with Gasteiger partial charge in [-0.25, -0.2) is 0 Å². The Morgan fingerprint density at radius 3 is 2.50 bits per heavy atom. The van der Waals surface area contributed by atoms with E-state index in [2.05, 4.69) is 5.32 Å². The minimum Gasteiger partial charge on any atom is -0.355 e. The first kappa shape index (κ1) is 12.7. The molecule has 0 spiro atoms. The normalized spacial score (nSPS) is 11.2. The van der Waals surface area contributed by atoms with Crippen LogP contribution in [0.3, 0.4) is 0 Å². The minimum atomic E-state index is -0.0354. The lowest BCUT2D eigenvalue weighted by molar-refractivity contribution is -0.120. The molecular formula is C13H20N2O. The maximum absolute atomic E-state index is 11.6. The molecule has 0 atom stereocenters. The second-order valence-corrected chi connectivity index (χ2v) is 4.81. The summed E-state index contributed by atoms with van der Waals surface area (Å²) in [6.07, 6.45) is 0.432. The largest absolute Gasteiger partial charge is 0.355 e. The van der Waals surface area contributed by atoms with Crippen LogP contribution in [0.4, 0.5) is 0 Å². The van der Waals surface area contributed by atoms with E-state index in [4.69, 9.17) is 5.73 Å². The zero-order valence-electron chi connectivity index (χ0n) is 9.99. The fourth-order valence-electron chi connectivity index (χ4n) is 1.25. The van der Waals surface area contributed by atoms with Crippen LogP contribution in [-0.4, -0.2) is 19.0 Å². The molecule has 0 aliphatic rings. The molecule has 0 saturated heterocycles. The molecule has 1 aromatic rings. The predicted molar refractivity (Wildman–Crippen MR) is 66.0 cm³/mol. The van der Waals surface area contributed by atoms with Gasteiger partial charge >= 0.3 is 0 Å². The highest BCUT2D eigenvalue weighted by Crippen LogP contribution is 2.10. The molecular weight excluding hydrogens is 200 g/mol. The molecule has 0 aliphatic heterocycles. The monoisotopic (exact) mass is 220 g/mol. The first-order valence-electron chi connectivity index (χ1n) is 5.54. The Kier molecular flexibility index (Phi) is 4.50. The molecule has 1 aromatic carbocycles. The van der Waals surface area contributed by atoms with Crippen LogP contribution in [0.1, 0.15) is 19.4 Å². The van der Waals surface area contributed by atoms with Crippen molar-refractivity contribution in [1.29, 1.82) is 0 Å². The summed E-state index contributed by atoms with van der Waals surface area (Å²) in [5.41, 5.74) is 6.59. The molecule has 16 heavy (non-hydrogen) atoms. The predicted octanol–water partition coefficient (Wildman–Crippen LogP) is 1.33. The highest BCUT2D eigenvalue weighted by molar-refractivity contribution is 5.78. The molecule has 0 saturated carbocycles. The van der Waals surface area contributed by atoms with Gasteiger partial charge in [0.15, 0.2) is 0 Å². The molecule has 3 nitrogen and oxygen atoms in total. The van der Waals surface area contributed by atoms with Crippen molar-refractivity contribution in [2.45, 2.75) is 20.3 Å². The van der Waals surface area contributed by atoms with Crippen molar-refractivity contribution < 1.29 is 4.79 Å². The summed E-state index contributed by atoms with van der Waals surface area (Å²) in [7, 11) is 0. The number of rotatable bonds is 5. The Morgan fingerprint density at radius 1 is 1.31 bits per heavy atom. The summed E-state index contributed by atoms with van der Waals surface area (Å²) in [5, 5.41) is 2.90. The summed E-state index contributed by atoms with van der Waals surface area (Å²) >= 11 is 0. The third kappa shape index (κ3) is 4.45. The summed E-state index contributed by atoms with van der Waals surface area (Å²) < 4.78 is 0. The van der Waals surface area contributed by atoms with Crippen LogP contribution in [-0.2, 0) is 11.2 Å². The Hall–Kier alpha value is -1.35. The fraction of sp³-hybridized carbons (Fsp3) is 0.462. The van der Waals surface area contributed by atoms with Crippen molar-refractivity contribution in [3.63, 3.8) is 0 Å². The fourth-order valence-corrected chi connectivity index (χ4v) is 1.25. The number of carbonyl (C=O) groups excluding carboxylic acids is 1. The van der Waals surface area contributed by atoms with E-state index in [0.717, 1.165) is 5.56 Å². The number of hydrogen-bond donors (Lipinski definition) is 2. The van der Waals surface area contributed by atoms with E-state index in [-0.39, 0.29) is 11.3 Å². The Bertz CT molecular complexity index is 333. The van der Waals surface area contributed by atoms with Gasteiger partial charge < -0.3 is 11.1 Å². The van der Waals surface area contributed by atoms with E-state index in [9.17, 15) is 4.79 Å². The smallest absolute Gasteiger partial charge is 0.224 e. The molecule has 0 fully saturated rings. The molecule has 0 unspecified atom stereocenters. The van der Waals surface area contributed by atoms with Crippen LogP contribution in [0.25, 0.3) is 0 Å². The summed E-state index contributed by atoms with van der Waals surface area (Å²) in [5.74, 6) is 0.0488. The van der Waals surface area contributed by atoms with Crippen molar-refractivity contribution in [3.05, 3.63) is 35.9 Å². The van der Waals surface area contributed by atoms with E-state index in [1.807, 2.05) is 44.2 Å². The van der Waals surface area contributed by atoms with Crippen molar-refractivity contribution in [2.24, 2.45) is 11.1 Å². The highest BCUT2D eigenvalue weighted by atomic mass is 16.1. The molecule has 0 radical (unpaired) electrons. The van der Waals surface area contributed by atoms with Crippen LogP contribution < -0.4 is 11.1 Å². The lowest BCUT2D eigenvalue weighted by atomic mass is 9.94. The molecule has 1 amide bonds. The van der Waals surface area contributed by atoms with E-state index in [1.165, 1.54) is 0 Å². The molecule has 3 N–H and O–H groups in total. The van der Waals surface area contributed by atoms with Crippen molar-refractivity contribution >= 4 is 5.91 Å². The lowest BCUT2D eigenvalue weighted by Crippen LogP contribution is -2.39. The van der Waals surface area contributed by atoms with Crippen LogP contribution in [0, 0.1) is 5.41 Å². The molecule has 3 heteroatoms. The van der Waals surface area contributed by atoms with Gasteiger partial charge in [-0.05, 0) is 17.5 Å². The van der Waals surface area contributed by atoms with E-state index < -0.39 is 0 Å². The number of nitrogens with one attached hydrogen (secondary N) is 1. The van der Waals surface area contributed by atoms with Gasteiger partial charge in [-0.3, -0.25) is 4.79 Å². The van der Waals surface area contributed by atoms with Gasteiger partial charge in [0, 0.05) is 6.54 Å². The molecule has 88 valence electrons. The number of hydrogen-bond acceptors (Lipinski definition) is 2. The van der Waals surface area contributed by atoms with Crippen LogP contribution in [0.15, 0.2) is 30.3 Å². The number of amides is 1. The summed E-state index contributed by atoms with van der Waals surface area (Å²) in [4.78, 5) is 11.6. The van der Waals surface area contributed by atoms with Crippen LogP contribution in [0.2, 0.25) is 0 Å². The second-order valence-electron chi connectivity index (χ2n) is 4.81. The molecule has 0 heterocycles. The third-order valence-electron chi connectivity index (χ3n) is 2.52. The number of carbonyl (C=O) groups is 1. The van der Waals surface area contributed by atoms with Gasteiger partial charge in [0.25, 0.3) is 0 Å². The van der Waals surface area contributed by atoms with Gasteiger partial charge in [-0.2, -0.15) is 0 Å². The number of benzene rings is 1. The topological polar surface area (TPSA) is 55.1 Å². The van der Waals surface area contributed by atoms with Gasteiger partial charge in [0.1, 0.15) is 0 Å². The number of nitrogens with two attached hydrogens (primary N) is 1. The first-order valence-corrected chi connectivity index (χ1v) is 5.54. The van der Waals surface area contributed by atoms with Gasteiger partial charge in [0.05, 0.1) is 6.42 Å². The van der Waals surface area contributed by atoms with Crippen LogP contribution >= 0.6 is 0 Å². The van der Waals surface area contributed by atoms with Crippen molar-refractivity contribution in [3.8, 4) is 0 Å². The average molecular weight is 220 g/mol. The van der Waals surface area contributed by atoms with Crippen LogP contribution in [0.5, 0.6) is 0 Å². The average Bonchev–Trinajstić information content (AvgIpc) is 2.28. The van der Waals surface area contributed by atoms with Gasteiger partial charge in [-0.1, -0.05) is 44.2 Å². The maximum atomic E-state index is 11.6. The van der Waals surface area contributed by atoms with Crippen molar-refractivity contribution in [1.82, 2.24) is 5.32 Å². The SMILES string of the molecule is CC(C)(CN)CNC(=O)Cc1ccccc1.